The van der Waals surface area contributed by atoms with Gasteiger partial charge in [0.2, 0.25) is 0 Å². The maximum Gasteiger partial charge on any atom is 0.0607 e. The predicted octanol–water partition coefficient (Wildman–Crippen LogP) is 2.86. The van der Waals surface area contributed by atoms with Crippen LogP contribution in [0.5, 0.6) is 0 Å². The number of para-hydroxylation sites is 2. The molecular formula is C19H26N4. The summed E-state index contributed by atoms with van der Waals surface area (Å²) in [6.07, 6.45) is 4.99. The van der Waals surface area contributed by atoms with Crippen LogP contribution in [-0.2, 0) is 6.54 Å². The van der Waals surface area contributed by atoms with Crippen molar-refractivity contribution in [1.29, 1.82) is 0 Å². The summed E-state index contributed by atoms with van der Waals surface area (Å²) < 4.78 is 0. The summed E-state index contributed by atoms with van der Waals surface area (Å²) in [5.74, 6) is 0. The topological polar surface area (TPSA) is 22.6 Å². The number of nitrogens with zero attached hydrogens (tertiary/aromatic N) is 4. The predicted molar refractivity (Wildman–Crippen MR) is 97.1 cm³/mol. The number of hydrogen-bond acceptors (Lipinski definition) is 4. The van der Waals surface area contributed by atoms with Crippen molar-refractivity contribution in [3.05, 3.63) is 54.4 Å². The lowest BCUT2D eigenvalue weighted by Gasteiger charge is -2.28. The van der Waals surface area contributed by atoms with Crippen LogP contribution in [-0.4, -0.2) is 50.2 Å². The first-order chi connectivity index (χ1) is 11.2. The van der Waals surface area contributed by atoms with Crippen molar-refractivity contribution in [2.24, 2.45) is 0 Å². The Labute approximate surface area is 139 Å². The molecule has 1 aromatic carbocycles. The molecule has 1 aliphatic rings. The first-order valence-corrected chi connectivity index (χ1v) is 8.36. The molecule has 0 radical (unpaired) electrons. The highest BCUT2D eigenvalue weighted by Crippen LogP contribution is 2.32. The fraction of sp³-hybridized carbons (Fsp3) is 0.421. The minimum atomic E-state index is 0.923. The fourth-order valence-electron chi connectivity index (χ4n) is 3.12. The lowest BCUT2D eigenvalue weighted by Crippen LogP contribution is -2.32. The second-order valence-corrected chi connectivity index (χ2v) is 6.42. The number of anilines is 2. The van der Waals surface area contributed by atoms with E-state index in [1.54, 1.807) is 0 Å². The third-order valence-corrected chi connectivity index (χ3v) is 4.33. The van der Waals surface area contributed by atoms with Crippen molar-refractivity contribution in [3.8, 4) is 0 Å². The molecule has 122 valence electrons. The highest BCUT2D eigenvalue weighted by molar-refractivity contribution is 5.72. The molecule has 4 nitrogen and oxygen atoms in total. The van der Waals surface area contributed by atoms with Crippen LogP contribution < -0.4 is 9.80 Å². The number of fused-ring (bicyclic) bond motifs is 1. The van der Waals surface area contributed by atoms with Crippen LogP contribution in [0.2, 0.25) is 0 Å². The molecule has 0 amide bonds. The van der Waals surface area contributed by atoms with Crippen molar-refractivity contribution in [1.82, 2.24) is 9.88 Å². The summed E-state index contributed by atoms with van der Waals surface area (Å²) in [6, 6.07) is 13.0. The van der Waals surface area contributed by atoms with Crippen LogP contribution in [0.3, 0.4) is 0 Å². The Kier molecular flexibility index (Phi) is 5.13. The molecule has 2 aromatic rings. The largest absolute Gasteiger partial charge is 0.369 e. The summed E-state index contributed by atoms with van der Waals surface area (Å²) >= 11 is 0. The molecule has 0 bridgehead atoms. The standard InChI is InChI=1S/C19H26N4/c1-21(2)13-14-22-11-6-12-23(16-17-7-5-10-20-15-17)19-9-4-3-8-18(19)22/h3-5,7-10,15H,6,11-14,16H2,1-2H3. The molecule has 0 aliphatic carbocycles. The number of rotatable bonds is 5. The van der Waals surface area contributed by atoms with E-state index in [4.69, 9.17) is 0 Å². The van der Waals surface area contributed by atoms with Crippen LogP contribution >= 0.6 is 0 Å². The Hall–Kier alpha value is -2.07. The fourth-order valence-corrected chi connectivity index (χ4v) is 3.12. The first kappa shape index (κ1) is 15.8. The van der Waals surface area contributed by atoms with Gasteiger partial charge in [-0.15, -0.1) is 0 Å². The first-order valence-electron chi connectivity index (χ1n) is 8.36. The van der Waals surface area contributed by atoms with Gasteiger partial charge in [-0.05, 0) is 44.3 Å². The molecule has 23 heavy (non-hydrogen) atoms. The summed E-state index contributed by atoms with van der Waals surface area (Å²) in [6.45, 7) is 5.28. The summed E-state index contributed by atoms with van der Waals surface area (Å²) in [5.41, 5.74) is 3.97. The van der Waals surface area contributed by atoms with Gasteiger partial charge >= 0.3 is 0 Å². The van der Waals surface area contributed by atoms with E-state index in [1.165, 1.54) is 23.4 Å². The van der Waals surface area contributed by atoms with Crippen molar-refractivity contribution in [2.75, 3.05) is 50.1 Å². The molecule has 1 aliphatic heterocycles. The Morgan fingerprint density at radius 1 is 1.00 bits per heavy atom. The van der Waals surface area contributed by atoms with Crippen molar-refractivity contribution in [2.45, 2.75) is 13.0 Å². The Morgan fingerprint density at radius 2 is 1.74 bits per heavy atom. The van der Waals surface area contributed by atoms with Crippen LogP contribution in [0.15, 0.2) is 48.8 Å². The molecule has 1 aromatic heterocycles. The van der Waals surface area contributed by atoms with Crippen LogP contribution in [0.4, 0.5) is 11.4 Å². The van der Waals surface area contributed by atoms with Crippen molar-refractivity contribution >= 4 is 11.4 Å². The summed E-state index contributed by atoms with van der Waals surface area (Å²) in [4.78, 5) is 11.5. The molecule has 0 saturated heterocycles. The van der Waals surface area contributed by atoms with Gasteiger partial charge in [0, 0.05) is 45.1 Å². The van der Waals surface area contributed by atoms with Gasteiger partial charge in [-0.1, -0.05) is 18.2 Å². The molecule has 2 heterocycles. The molecule has 0 fully saturated rings. The monoisotopic (exact) mass is 310 g/mol. The Balaban J connectivity index is 1.83. The summed E-state index contributed by atoms with van der Waals surface area (Å²) in [7, 11) is 4.27. The van der Waals surface area contributed by atoms with E-state index in [-0.39, 0.29) is 0 Å². The van der Waals surface area contributed by atoms with Crippen molar-refractivity contribution in [3.63, 3.8) is 0 Å². The average Bonchev–Trinajstić information content (AvgIpc) is 2.74. The van der Waals surface area contributed by atoms with Gasteiger partial charge in [-0.2, -0.15) is 0 Å². The second kappa shape index (κ2) is 7.47. The van der Waals surface area contributed by atoms with Gasteiger partial charge in [-0.3, -0.25) is 4.98 Å². The van der Waals surface area contributed by atoms with Crippen LogP contribution in [0.25, 0.3) is 0 Å². The number of benzene rings is 1. The molecule has 0 N–H and O–H groups in total. The Bertz CT molecular complexity index is 612. The number of likely N-dealkylation sites (N-methyl/N-ethyl adjacent to an activating group) is 1. The Morgan fingerprint density at radius 3 is 2.43 bits per heavy atom. The van der Waals surface area contributed by atoms with E-state index in [9.17, 15) is 0 Å². The molecule has 0 spiro atoms. The SMILES string of the molecule is CN(C)CCN1CCCN(Cc2cccnc2)c2ccccc21. The molecule has 0 unspecified atom stereocenters. The van der Waals surface area contributed by atoms with Crippen molar-refractivity contribution < 1.29 is 0 Å². The molecule has 4 heteroatoms. The summed E-state index contributed by atoms with van der Waals surface area (Å²) in [5, 5.41) is 0. The van der Waals surface area contributed by atoms with E-state index < -0.39 is 0 Å². The number of aromatic nitrogens is 1. The zero-order valence-corrected chi connectivity index (χ0v) is 14.2. The van der Waals surface area contributed by atoms with E-state index in [1.807, 2.05) is 18.5 Å². The highest BCUT2D eigenvalue weighted by atomic mass is 15.2. The molecule has 3 rings (SSSR count). The van der Waals surface area contributed by atoms with Gasteiger partial charge in [0.05, 0.1) is 11.4 Å². The third-order valence-electron chi connectivity index (χ3n) is 4.33. The normalized spacial score (nSPS) is 14.7. The van der Waals surface area contributed by atoms with Crippen LogP contribution in [0.1, 0.15) is 12.0 Å². The zero-order chi connectivity index (χ0) is 16.1. The van der Waals surface area contributed by atoms with Gasteiger partial charge < -0.3 is 14.7 Å². The average molecular weight is 310 g/mol. The van der Waals surface area contributed by atoms with E-state index in [0.717, 1.165) is 32.7 Å². The van der Waals surface area contributed by atoms with Gasteiger partial charge in [-0.25, -0.2) is 0 Å². The highest BCUT2D eigenvalue weighted by Gasteiger charge is 2.20. The molecule has 0 atom stereocenters. The quantitative estimate of drug-likeness (QED) is 0.847. The maximum absolute atomic E-state index is 4.25. The lowest BCUT2D eigenvalue weighted by atomic mass is 10.2. The molecular weight excluding hydrogens is 284 g/mol. The van der Waals surface area contributed by atoms with Gasteiger partial charge in [0.25, 0.3) is 0 Å². The third kappa shape index (κ3) is 4.02. The smallest absolute Gasteiger partial charge is 0.0607 e. The van der Waals surface area contributed by atoms with Gasteiger partial charge in [0.15, 0.2) is 0 Å². The van der Waals surface area contributed by atoms with E-state index >= 15 is 0 Å². The number of pyridine rings is 1. The van der Waals surface area contributed by atoms with E-state index in [0.29, 0.717) is 0 Å². The minimum absolute atomic E-state index is 0.923. The minimum Gasteiger partial charge on any atom is -0.369 e. The van der Waals surface area contributed by atoms with E-state index in [2.05, 4.69) is 64.1 Å². The number of hydrogen-bond donors (Lipinski definition) is 0. The van der Waals surface area contributed by atoms with Crippen LogP contribution in [0, 0.1) is 0 Å². The zero-order valence-electron chi connectivity index (χ0n) is 14.2. The maximum atomic E-state index is 4.25. The lowest BCUT2D eigenvalue weighted by molar-refractivity contribution is 0.413. The molecule has 0 saturated carbocycles. The second-order valence-electron chi connectivity index (χ2n) is 6.42. The van der Waals surface area contributed by atoms with Gasteiger partial charge in [0.1, 0.15) is 0 Å².